The van der Waals surface area contributed by atoms with Gasteiger partial charge in [0.1, 0.15) is 17.7 Å². The minimum absolute atomic E-state index is 0.493. The second-order valence-electron chi connectivity index (χ2n) is 4.11. The number of hydrogen-bond acceptors (Lipinski definition) is 4. The van der Waals surface area contributed by atoms with E-state index in [1.54, 1.807) is 18.5 Å². The summed E-state index contributed by atoms with van der Waals surface area (Å²) in [7, 11) is 0. The fraction of sp³-hybridized carbons (Fsp3) is 0. The van der Waals surface area contributed by atoms with E-state index in [1.807, 2.05) is 24.3 Å². The number of nitrogens with zero attached hydrogens (tertiary/aromatic N) is 3. The van der Waals surface area contributed by atoms with Crippen LogP contribution in [-0.4, -0.2) is 25.1 Å². The van der Waals surface area contributed by atoms with Gasteiger partial charge in [0, 0.05) is 6.20 Å². The summed E-state index contributed by atoms with van der Waals surface area (Å²) in [6, 6.07) is 9.64. The number of fused-ring (bicyclic) bond motifs is 1. The van der Waals surface area contributed by atoms with Gasteiger partial charge in [0.25, 0.3) is 0 Å². The number of hydrogen-bond donors (Lipinski definition) is 2. The molecular formula is C13H9N5O. The van der Waals surface area contributed by atoms with E-state index in [2.05, 4.69) is 25.1 Å². The van der Waals surface area contributed by atoms with Crippen molar-refractivity contribution in [2.24, 2.45) is 0 Å². The van der Waals surface area contributed by atoms with Crippen molar-refractivity contribution < 1.29 is 4.42 Å². The van der Waals surface area contributed by atoms with Crippen LogP contribution in [0.2, 0.25) is 0 Å². The first-order valence-corrected chi connectivity index (χ1v) is 5.80. The van der Waals surface area contributed by atoms with Gasteiger partial charge in [0.2, 0.25) is 5.89 Å². The number of rotatable bonds is 2. The third-order valence-electron chi connectivity index (χ3n) is 2.87. The number of benzene rings is 1. The summed E-state index contributed by atoms with van der Waals surface area (Å²) < 4.78 is 5.42. The Morgan fingerprint density at radius 3 is 2.84 bits per heavy atom. The first-order chi connectivity index (χ1) is 9.40. The number of aromatic nitrogens is 5. The van der Waals surface area contributed by atoms with Gasteiger partial charge in [0.05, 0.1) is 11.0 Å². The van der Waals surface area contributed by atoms with Crippen molar-refractivity contribution in [1.29, 1.82) is 0 Å². The van der Waals surface area contributed by atoms with Crippen LogP contribution < -0.4 is 0 Å². The van der Waals surface area contributed by atoms with Gasteiger partial charge in [-0.3, -0.25) is 5.10 Å². The largest absolute Gasteiger partial charge is 0.443 e. The van der Waals surface area contributed by atoms with Crippen molar-refractivity contribution >= 4 is 11.0 Å². The second kappa shape index (κ2) is 3.81. The number of nitrogens with one attached hydrogen (secondary N) is 2. The minimum atomic E-state index is 0.493. The SMILES string of the molecule is c1ccc2[nH]c(-c3coc(-c4ccn[nH]4)n3)nc2c1. The standard InChI is InChI=1S/C13H9N5O/c1-2-4-9-8(3-1)15-12(16-9)11-7-19-13(17-11)10-5-6-14-18-10/h1-7H,(H,14,18)(H,15,16). The summed E-state index contributed by atoms with van der Waals surface area (Å²) in [5.74, 6) is 1.18. The number of oxazole rings is 1. The zero-order valence-corrected chi connectivity index (χ0v) is 9.79. The Labute approximate surface area is 107 Å². The maximum Gasteiger partial charge on any atom is 0.245 e. The average molecular weight is 251 g/mol. The molecule has 0 aliphatic carbocycles. The fourth-order valence-corrected chi connectivity index (χ4v) is 1.96. The Kier molecular flexibility index (Phi) is 2.02. The Balaban J connectivity index is 1.80. The maximum absolute atomic E-state index is 5.42. The van der Waals surface area contributed by atoms with Crippen molar-refractivity contribution in [1.82, 2.24) is 25.1 Å². The molecule has 0 saturated carbocycles. The van der Waals surface area contributed by atoms with Crippen LogP contribution >= 0.6 is 0 Å². The Bertz CT molecular complexity index is 795. The monoisotopic (exact) mass is 251 g/mol. The molecule has 3 aromatic heterocycles. The average Bonchev–Trinajstić information content (AvgIpc) is 3.17. The number of aromatic amines is 2. The molecule has 4 rings (SSSR count). The summed E-state index contributed by atoms with van der Waals surface area (Å²) in [5.41, 5.74) is 3.29. The summed E-state index contributed by atoms with van der Waals surface area (Å²) in [6.45, 7) is 0. The zero-order valence-electron chi connectivity index (χ0n) is 9.79. The number of H-pyrrole nitrogens is 2. The summed E-state index contributed by atoms with van der Waals surface area (Å²) in [5, 5.41) is 6.67. The van der Waals surface area contributed by atoms with Crippen molar-refractivity contribution in [2.75, 3.05) is 0 Å². The summed E-state index contributed by atoms with van der Waals surface area (Å²) >= 11 is 0. The third-order valence-corrected chi connectivity index (χ3v) is 2.87. The smallest absolute Gasteiger partial charge is 0.245 e. The molecular weight excluding hydrogens is 242 g/mol. The zero-order chi connectivity index (χ0) is 12.7. The quantitative estimate of drug-likeness (QED) is 0.573. The molecule has 6 heteroatoms. The highest BCUT2D eigenvalue weighted by atomic mass is 16.3. The van der Waals surface area contributed by atoms with Gasteiger partial charge in [-0.05, 0) is 18.2 Å². The molecule has 0 bridgehead atoms. The first kappa shape index (κ1) is 10.1. The molecule has 3 heterocycles. The van der Waals surface area contributed by atoms with E-state index in [0.717, 1.165) is 16.7 Å². The topological polar surface area (TPSA) is 83.4 Å². The van der Waals surface area contributed by atoms with Crippen molar-refractivity contribution in [3.05, 3.63) is 42.8 Å². The van der Waals surface area contributed by atoms with Gasteiger partial charge >= 0.3 is 0 Å². The molecule has 0 spiro atoms. The summed E-state index contributed by atoms with van der Waals surface area (Å²) in [4.78, 5) is 12.1. The lowest BCUT2D eigenvalue weighted by molar-refractivity contribution is 0.572. The number of para-hydroxylation sites is 2. The number of imidazole rings is 1. The predicted octanol–water partition coefficient (Wildman–Crippen LogP) is 2.61. The highest BCUT2D eigenvalue weighted by Crippen LogP contribution is 2.23. The van der Waals surface area contributed by atoms with Crippen LogP contribution in [0.25, 0.3) is 34.1 Å². The van der Waals surface area contributed by atoms with E-state index in [-0.39, 0.29) is 0 Å². The lowest BCUT2D eigenvalue weighted by atomic mass is 10.3. The van der Waals surface area contributed by atoms with Crippen LogP contribution in [0.4, 0.5) is 0 Å². The highest BCUT2D eigenvalue weighted by Gasteiger charge is 2.12. The van der Waals surface area contributed by atoms with E-state index in [4.69, 9.17) is 4.42 Å². The Hall–Kier alpha value is -2.89. The van der Waals surface area contributed by atoms with Crippen LogP contribution in [0, 0.1) is 0 Å². The van der Waals surface area contributed by atoms with Crippen LogP contribution in [0.15, 0.2) is 47.2 Å². The second-order valence-corrected chi connectivity index (χ2v) is 4.11. The molecule has 0 aliphatic rings. The van der Waals surface area contributed by atoms with Crippen molar-refractivity contribution in [3.8, 4) is 23.1 Å². The molecule has 19 heavy (non-hydrogen) atoms. The molecule has 0 saturated heterocycles. The Morgan fingerprint density at radius 1 is 1.05 bits per heavy atom. The lowest BCUT2D eigenvalue weighted by Crippen LogP contribution is -1.81. The fourth-order valence-electron chi connectivity index (χ4n) is 1.96. The van der Waals surface area contributed by atoms with Crippen molar-refractivity contribution in [3.63, 3.8) is 0 Å². The normalized spacial score (nSPS) is 11.2. The van der Waals surface area contributed by atoms with Crippen LogP contribution in [0.1, 0.15) is 0 Å². The van der Waals surface area contributed by atoms with Gasteiger partial charge in [-0.25, -0.2) is 9.97 Å². The molecule has 0 unspecified atom stereocenters. The van der Waals surface area contributed by atoms with Gasteiger partial charge < -0.3 is 9.40 Å². The molecule has 4 aromatic rings. The third kappa shape index (κ3) is 1.61. The molecule has 0 aliphatic heterocycles. The molecule has 6 nitrogen and oxygen atoms in total. The van der Waals surface area contributed by atoms with E-state index in [1.165, 1.54) is 0 Å². The van der Waals surface area contributed by atoms with Gasteiger partial charge in [0.15, 0.2) is 5.82 Å². The van der Waals surface area contributed by atoms with Crippen molar-refractivity contribution in [2.45, 2.75) is 0 Å². The van der Waals surface area contributed by atoms with Crippen LogP contribution in [0.5, 0.6) is 0 Å². The van der Waals surface area contributed by atoms with E-state index in [9.17, 15) is 0 Å². The van der Waals surface area contributed by atoms with Gasteiger partial charge in [-0.15, -0.1) is 0 Å². The molecule has 0 fully saturated rings. The maximum atomic E-state index is 5.42. The van der Waals surface area contributed by atoms with E-state index in [0.29, 0.717) is 17.4 Å². The van der Waals surface area contributed by atoms with Crippen LogP contribution in [-0.2, 0) is 0 Å². The van der Waals surface area contributed by atoms with Gasteiger partial charge in [-0.1, -0.05) is 12.1 Å². The predicted molar refractivity (Wildman–Crippen MR) is 69.2 cm³/mol. The molecule has 0 radical (unpaired) electrons. The lowest BCUT2D eigenvalue weighted by Gasteiger charge is -1.86. The minimum Gasteiger partial charge on any atom is -0.443 e. The molecule has 2 N–H and O–H groups in total. The van der Waals surface area contributed by atoms with Crippen LogP contribution in [0.3, 0.4) is 0 Å². The molecule has 0 amide bonds. The highest BCUT2D eigenvalue weighted by molar-refractivity contribution is 5.78. The summed E-state index contributed by atoms with van der Waals surface area (Å²) in [6.07, 6.45) is 3.23. The Morgan fingerprint density at radius 2 is 2.00 bits per heavy atom. The molecule has 1 aromatic carbocycles. The van der Waals surface area contributed by atoms with E-state index < -0.39 is 0 Å². The van der Waals surface area contributed by atoms with E-state index >= 15 is 0 Å². The first-order valence-electron chi connectivity index (χ1n) is 5.80. The van der Waals surface area contributed by atoms with Gasteiger partial charge in [-0.2, -0.15) is 5.10 Å². The molecule has 92 valence electrons. The molecule has 0 atom stereocenters.